The summed E-state index contributed by atoms with van der Waals surface area (Å²) < 4.78 is 129. The number of rotatable bonds is 60. The molecule has 0 heterocycles. The van der Waals surface area contributed by atoms with Gasteiger partial charge in [-0.3, -0.25) is 0 Å². The van der Waals surface area contributed by atoms with Crippen LogP contribution in [0.5, 0.6) is 46.0 Å². The molecule has 28 heteroatoms. The molecule has 8 bridgehead atoms. The number of hydrogen-bond acceptors (Lipinski definition) is 28. The molecule has 4 aromatic carbocycles. The van der Waals surface area contributed by atoms with Crippen molar-refractivity contribution in [3.63, 3.8) is 0 Å². The molecule has 1 aliphatic rings. The summed E-state index contributed by atoms with van der Waals surface area (Å²) in [5, 5.41) is 0. The summed E-state index contributed by atoms with van der Waals surface area (Å²) in [5.41, 5.74) is 4.36. The Kier molecular flexibility index (Phi) is 48.4. The number of esters is 8. The summed E-state index contributed by atoms with van der Waals surface area (Å²) in [4.78, 5) is 114. The largest absolute Gasteiger partial charge is 0.481 e. The Morgan fingerprint density at radius 1 is 0.208 bits per heavy atom. The Hall–Kier alpha value is -9.12. The molecule has 4 aromatic rings. The van der Waals surface area contributed by atoms with Crippen LogP contribution >= 0.6 is 0 Å². The number of ether oxygens (including phenoxy) is 20. The van der Waals surface area contributed by atoms with Crippen molar-refractivity contribution in [3.8, 4) is 46.0 Å². The maximum Gasteiger partial charge on any atom is 0.344 e. The fourth-order valence-corrected chi connectivity index (χ4v) is 14.8. The molecule has 0 radical (unpaired) electrons. The van der Waals surface area contributed by atoms with Crippen LogP contribution < -0.4 is 37.9 Å². The summed E-state index contributed by atoms with van der Waals surface area (Å²) in [7, 11) is 0. The molecule has 0 saturated heterocycles. The lowest BCUT2D eigenvalue weighted by molar-refractivity contribution is -0.146. The van der Waals surface area contributed by atoms with Gasteiger partial charge in [-0.25, -0.2) is 38.4 Å². The van der Waals surface area contributed by atoms with Crippen LogP contribution in [0, 0.1) is 0 Å². The Morgan fingerprint density at radius 2 is 0.350 bits per heavy atom. The number of carbonyl (C=O) groups is 8. The second-order valence-electron chi connectivity index (χ2n) is 28.3. The maximum atomic E-state index is 14.3. The van der Waals surface area contributed by atoms with Crippen molar-refractivity contribution >= 4 is 47.8 Å². The van der Waals surface area contributed by atoms with Crippen LogP contribution in [0.4, 0.5) is 0 Å². The lowest BCUT2D eigenvalue weighted by Crippen LogP contribution is -2.24. The van der Waals surface area contributed by atoms with Gasteiger partial charge in [0.25, 0.3) is 0 Å². The van der Waals surface area contributed by atoms with Crippen molar-refractivity contribution < 1.29 is 133 Å². The topological polar surface area (TPSA) is 321 Å². The van der Waals surface area contributed by atoms with E-state index >= 15 is 0 Å². The van der Waals surface area contributed by atoms with Crippen LogP contribution in [0.3, 0.4) is 0 Å². The van der Waals surface area contributed by atoms with Gasteiger partial charge < -0.3 is 94.7 Å². The summed E-state index contributed by atoms with van der Waals surface area (Å²) in [6.07, 6.45) is 8.68. The highest BCUT2D eigenvalue weighted by molar-refractivity contribution is 5.78. The van der Waals surface area contributed by atoms with E-state index in [0.29, 0.717) is 95.9 Å². The predicted molar refractivity (Wildman–Crippen MR) is 448 cm³/mol. The summed E-state index contributed by atoms with van der Waals surface area (Å²) in [6.45, 7) is 23.1. The highest BCUT2D eigenvalue weighted by Gasteiger charge is 2.41. The van der Waals surface area contributed by atoms with Gasteiger partial charge >= 0.3 is 47.8 Å². The van der Waals surface area contributed by atoms with Gasteiger partial charge in [0.05, 0.1) is 102 Å². The number of fused-ring (bicyclic) bond motifs is 8. The first-order valence-corrected chi connectivity index (χ1v) is 43.6. The maximum absolute atomic E-state index is 14.3. The van der Waals surface area contributed by atoms with Crippen molar-refractivity contribution in [1.82, 2.24) is 0 Å². The Labute approximate surface area is 710 Å². The third-order valence-electron chi connectivity index (χ3n) is 19.8. The molecule has 0 aliphatic heterocycles. The molecule has 0 spiro atoms. The average molecular weight is 1690 g/mol. The van der Waals surface area contributed by atoms with E-state index in [2.05, 4.69) is 27.7 Å². The number of unbranched alkanes of at least 4 members (excludes halogenated alkanes) is 8. The minimum absolute atomic E-state index is 0.00314. The quantitative estimate of drug-likeness (QED) is 0.0225. The van der Waals surface area contributed by atoms with E-state index in [-0.39, 0.29) is 200 Å². The summed E-state index contributed by atoms with van der Waals surface area (Å²) >= 11 is 0. The zero-order valence-electron chi connectivity index (χ0n) is 74.3. The zero-order valence-corrected chi connectivity index (χ0v) is 74.3. The fraction of sp³-hybridized carbons (Fsp3) is 0.652. The van der Waals surface area contributed by atoms with Gasteiger partial charge in [-0.15, -0.1) is 0 Å². The molecule has 0 fully saturated rings. The van der Waals surface area contributed by atoms with E-state index in [1.807, 2.05) is 52.0 Å². The van der Waals surface area contributed by atoms with E-state index in [4.69, 9.17) is 94.7 Å². The molecule has 0 amide bonds. The van der Waals surface area contributed by atoms with Gasteiger partial charge in [-0.1, -0.05) is 105 Å². The molecule has 0 atom stereocenters. The van der Waals surface area contributed by atoms with E-state index < -0.39 is 124 Å². The number of hydrogen-bond donors (Lipinski definition) is 0. The van der Waals surface area contributed by atoms with Crippen molar-refractivity contribution in [1.29, 1.82) is 0 Å². The second kappa shape index (κ2) is 57.2. The third-order valence-corrected chi connectivity index (χ3v) is 19.8. The monoisotopic (exact) mass is 1690 g/mol. The molecule has 120 heavy (non-hydrogen) atoms. The van der Waals surface area contributed by atoms with Crippen molar-refractivity contribution in [2.45, 2.75) is 264 Å². The normalized spacial score (nSPS) is 14.1. The number of benzene rings is 4. The van der Waals surface area contributed by atoms with Gasteiger partial charge in [-0.05, 0) is 133 Å². The van der Waals surface area contributed by atoms with Crippen LogP contribution in [0.1, 0.15) is 304 Å². The number of carbonyl (C=O) groups excluding carboxylic acids is 8. The Bertz CT molecular complexity index is 3150. The van der Waals surface area contributed by atoms with E-state index in [1.165, 1.54) is 0 Å². The third kappa shape index (κ3) is 30.8. The summed E-state index contributed by atoms with van der Waals surface area (Å²) in [5.74, 6) is -9.00. The molecule has 672 valence electrons. The highest BCUT2D eigenvalue weighted by atomic mass is 16.6. The molecule has 0 N–H and O–H groups in total. The lowest BCUT2D eigenvalue weighted by atomic mass is 9.74. The van der Waals surface area contributed by atoms with Crippen LogP contribution in [0.25, 0.3) is 0 Å². The van der Waals surface area contributed by atoms with Crippen LogP contribution in [0.15, 0.2) is 24.3 Å². The smallest absolute Gasteiger partial charge is 0.344 e. The minimum Gasteiger partial charge on any atom is -0.481 e. The van der Waals surface area contributed by atoms with Crippen molar-refractivity contribution in [3.05, 3.63) is 91.0 Å². The molecule has 0 aromatic heterocycles. The molecular weight excluding hydrogens is 1550 g/mol. The van der Waals surface area contributed by atoms with Gasteiger partial charge in [0.1, 0.15) is 46.0 Å². The van der Waals surface area contributed by atoms with Crippen LogP contribution in [0.2, 0.25) is 0 Å². The molecular formula is C92H136O28. The second-order valence-corrected chi connectivity index (χ2v) is 28.3. The lowest BCUT2D eigenvalue weighted by Gasteiger charge is -2.35. The first-order chi connectivity index (χ1) is 58.3. The minimum atomic E-state index is -0.977. The first kappa shape index (κ1) is 101. The summed E-state index contributed by atoms with van der Waals surface area (Å²) in [6, 6.07) is 7.79. The Morgan fingerprint density at radius 3 is 0.467 bits per heavy atom. The van der Waals surface area contributed by atoms with Crippen molar-refractivity contribution in [2.75, 3.05) is 132 Å². The molecule has 0 unspecified atom stereocenters. The van der Waals surface area contributed by atoms with Gasteiger partial charge in [-0.2, -0.15) is 0 Å². The molecule has 5 rings (SSSR count). The van der Waals surface area contributed by atoms with Crippen LogP contribution in [-0.4, -0.2) is 180 Å². The van der Waals surface area contributed by atoms with E-state index in [9.17, 15) is 38.4 Å². The SMILES string of the molecule is CCCCCC1c2cc(c(OCC(=O)OCC)c(COCC)c2OCC(=O)OCC)C(CCCCC)c2cc(c(OCC(=O)OCC)c(COCC)c2OCC(=O)OCC)C(CCCCC)c2cc(c(OCC(=O)OCC)c(COCC)c2OCC(=O)OCC)C(CCCCC)c2cc1c(OCC(=O)OCC)c(COCC)c2OCC(=O)OCC. The fourth-order valence-electron chi connectivity index (χ4n) is 14.8. The van der Waals surface area contributed by atoms with Gasteiger partial charge in [0.2, 0.25) is 0 Å². The molecule has 0 saturated carbocycles. The van der Waals surface area contributed by atoms with Crippen molar-refractivity contribution in [2.24, 2.45) is 0 Å². The van der Waals surface area contributed by atoms with Crippen LogP contribution in [-0.2, 0) is 122 Å². The Balaban J connectivity index is 2.64. The average Bonchev–Trinajstić information content (AvgIpc) is 0.728. The van der Waals surface area contributed by atoms with E-state index in [0.717, 1.165) is 25.7 Å². The zero-order chi connectivity index (χ0) is 87.7. The molecule has 28 nitrogen and oxygen atoms in total. The van der Waals surface area contributed by atoms with Gasteiger partial charge in [0.15, 0.2) is 52.9 Å². The highest BCUT2D eigenvalue weighted by Crippen LogP contribution is 2.58. The van der Waals surface area contributed by atoms with Gasteiger partial charge in [0, 0.05) is 94.6 Å². The predicted octanol–water partition coefficient (Wildman–Crippen LogP) is 16.5. The first-order valence-electron chi connectivity index (χ1n) is 43.6. The van der Waals surface area contributed by atoms with E-state index in [1.54, 1.807) is 55.4 Å². The molecule has 1 aliphatic carbocycles. The standard InChI is InChI=1S/C92H136O28/c1-17-33-37-41-61-65-45-67(87(115-55-79(95)107-27-11)73(49-101-21-5)85(65)113-53-77(93)105-25-9)62(42-38-34-18-2)69-47-71(91(119-59-83(99)111-31-15)75(51-103-23-7)89(69)117-57-81(97)109-29-13)64(44-40-36-20-4)72-48-70(90(118-58-82(98)110-30-14)76(52-104-24-8)92(72)120-60-84(100)112-32-16)63(43-39-35-19-3)68-46-66(61)86(114-54-78(94)106-26-10)74(50-102-22-6)88(68)116-56-80(96)108-28-12/h45-48,61-64H,17-44,49-60H2,1-16H3.